The maximum Gasteiger partial charge on any atom is 0.0555 e. The molecule has 2 N–H and O–H groups in total. The number of rotatable bonds is 5. The Bertz CT molecular complexity index is 438. The average molecular weight is 277 g/mol. The molecule has 0 bridgehead atoms. The normalized spacial score (nSPS) is 15.7. The molecule has 0 aromatic carbocycles. The third-order valence-corrected chi connectivity index (χ3v) is 4.33. The second-order valence-corrected chi connectivity index (χ2v) is 6.09. The quantitative estimate of drug-likeness (QED) is 0.830. The van der Waals surface area contributed by atoms with Crippen LogP contribution in [0.25, 0.3) is 0 Å². The van der Waals surface area contributed by atoms with Gasteiger partial charge in [-0.15, -0.1) is 11.3 Å². The summed E-state index contributed by atoms with van der Waals surface area (Å²) in [5.41, 5.74) is 6.48. The summed E-state index contributed by atoms with van der Waals surface area (Å²) in [7, 11) is 2.20. The fourth-order valence-corrected chi connectivity index (χ4v) is 3.24. The van der Waals surface area contributed by atoms with E-state index in [0.29, 0.717) is 6.54 Å². The van der Waals surface area contributed by atoms with Crippen molar-refractivity contribution in [3.63, 3.8) is 0 Å². The number of likely N-dealkylation sites (tertiary alicyclic amines) is 1. The topological polar surface area (TPSA) is 32.5 Å². The second-order valence-electron chi connectivity index (χ2n) is 5.09. The van der Waals surface area contributed by atoms with Crippen molar-refractivity contribution >= 4 is 11.3 Å². The first-order valence-corrected chi connectivity index (χ1v) is 7.83. The van der Waals surface area contributed by atoms with Gasteiger partial charge in [0.2, 0.25) is 0 Å². The summed E-state index contributed by atoms with van der Waals surface area (Å²) >= 11 is 1.79. The molecule has 2 heterocycles. The molecule has 19 heavy (non-hydrogen) atoms. The summed E-state index contributed by atoms with van der Waals surface area (Å²) < 4.78 is 0. The van der Waals surface area contributed by atoms with Gasteiger partial charge in [0.25, 0.3) is 0 Å². The van der Waals surface area contributed by atoms with Crippen LogP contribution in [0.3, 0.4) is 0 Å². The molecule has 1 saturated heterocycles. The van der Waals surface area contributed by atoms with Gasteiger partial charge in [-0.3, -0.25) is 0 Å². The highest BCUT2D eigenvalue weighted by Gasteiger charge is 2.12. The standard InChI is InChI=1S/C15H23N3S/c1-17(9-10-18-7-2-3-8-18)12-15-11-14(13-19-15)5-4-6-16/h11,13H,2-3,6-10,12,16H2,1H3. The van der Waals surface area contributed by atoms with Gasteiger partial charge in [0, 0.05) is 35.5 Å². The van der Waals surface area contributed by atoms with Crippen molar-refractivity contribution in [1.82, 2.24) is 9.80 Å². The first-order valence-electron chi connectivity index (χ1n) is 6.95. The molecule has 1 aliphatic rings. The molecule has 1 aromatic heterocycles. The molecule has 104 valence electrons. The summed E-state index contributed by atoms with van der Waals surface area (Å²) in [5, 5.41) is 2.12. The van der Waals surface area contributed by atoms with Crippen LogP contribution in [-0.4, -0.2) is 49.6 Å². The molecule has 0 radical (unpaired) electrons. The molecule has 1 fully saturated rings. The zero-order valence-corrected chi connectivity index (χ0v) is 12.5. The molecule has 0 saturated carbocycles. The first-order chi connectivity index (χ1) is 9.28. The van der Waals surface area contributed by atoms with Crippen LogP contribution in [-0.2, 0) is 6.54 Å². The number of nitrogens with two attached hydrogens (primary N) is 1. The van der Waals surface area contributed by atoms with Crippen molar-refractivity contribution in [2.75, 3.05) is 39.8 Å². The smallest absolute Gasteiger partial charge is 0.0555 e. The minimum atomic E-state index is 0.431. The van der Waals surface area contributed by atoms with Gasteiger partial charge in [0.15, 0.2) is 0 Å². The van der Waals surface area contributed by atoms with Crippen LogP contribution in [0.15, 0.2) is 11.4 Å². The second kappa shape index (κ2) is 7.66. The number of likely N-dealkylation sites (N-methyl/N-ethyl adjacent to an activating group) is 1. The Hall–Kier alpha value is -0.860. The maximum absolute atomic E-state index is 5.38. The zero-order valence-electron chi connectivity index (χ0n) is 11.7. The van der Waals surface area contributed by atoms with Crippen LogP contribution < -0.4 is 5.73 Å². The highest BCUT2D eigenvalue weighted by atomic mass is 32.1. The summed E-state index contributed by atoms with van der Waals surface area (Å²) in [6.07, 6.45) is 2.75. The summed E-state index contributed by atoms with van der Waals surface area (Å²) in [6, 6.07) is 2.18. The van der Waals surface area contributed by atoms with Gasteiger partial charge in [-0.05, 0) is 39.0 Å². The predicted molar refractivity (Wildman–Crippen MR) is 82.3 cm³/mol. The van der Waals surface area contributed by atoms with Crippen molar-refractivity contribution in [2.24, 2.45) is 5.73 Å². The van der Waals surface area contributed by atoms with E-state index in [1.165, 1.54) is 37.4 Å². The third kappa shape index (κ3) is 4.96. The molecule has 3 nitrogen and oxygen atoms in total. The molecule has 0 atom stereocenters. The van der Waals surface area contributed by atoms with E-state index in [0.717, 1.165) is 18.7 Å². The number of hydrogen-bond acceptors (Lipinski definition) is 4. The molecule has 1 aromatic rings. The van der Waals surface area contributed by atoms with Crippen LogP contribution in [0.2, 0.25) is 0 Å². The number of thiophene rings is 1. The Labute approximate surface area is 120 Å². The van der Waals surface area contributed by atoms with E-state index in [1.807, 2.05) is 0 Å². The zero-order chi connectivity index (χ0) is 13.5. The van der Waals surface area contributed by atoms with Gasteiger partial charge in [0.1, 0.15) is 0 Å². The van der Waals surface area contributed by atoms with E-state index in [9.17, 15) is 0 Å². The fourth-order valence-electron chi connectivity index (χ4n) is 2.35. The highest BCUT2D eigenvalue weighted by Crippen LogP contribution is 2.15. The molecular weight excluding hydrogens is 254 g/mol. The predicted octanol–water partition coefficient (Wildman–Crippen LogP) is 1.59. The van der Waals surface area contributed by atoms with Crippen molar-refractivity contribution in [1.29, 1.82) is 0 Å². The van der Waals surface area contributed by atoms with Crippen molar-refractivity contribution < 1.29 is 0 Å². The lowest BCUT2D eigenvalue weighted by Crippen LogP contribution is -2.30. The third-order valence-electron chi connectivity index (χ3n) is 3.41. The molecule has 0 aliphatic carbocycles. The van der Waals surface area contributed by atoms with Gasteiger partial charge < -0.3 is 15.5 Å². The lowest BCUT2D eigenvalue weighted by atomic mass is 10.3. The van der Waals surface area contributed by atoms with E-state index in [-0.39, 0.29) is 0 Å². The Morgan fingerprint density at radius 3 is 2.95 bits per heavy atom. The van der Waals surface area contributed by atoms with Gasteiger partial charge in [-0.25, -0.2) is 0 Å². The maximum atomic E-state index is 5.38. The summed E-state index contributed by atoms with van der Waals surface area (Å²) in [5.74, 6) is 5.98. The molecule has 0 amide bonds. The summed E-state index contributed by atoms with van der Waals surface area (Å²) in [6.45, 7) is 6.35. The lowest BCUT2D eigenvalue weighted by Gasteiger charge is -2.20. The van der Waals surface area contributed by atoms with E-state index in [4.69, 9.17) is 5.73 Å². The van der Waals surface area contributed by atoms with Gasteiger partial charge in [0.05, 0.1) is 6.54 Å². The van der Waals surface area contributed by atoms with Crippen LogP contribution in [0.5, 0.6) is 0 Å². The van der Waals surface area contributed by atoms with Crippen LogP contribution in [0.1, 0.15) is 23.3 Å². The Balaban J connectivity index is 1.74. The van der Waals surface area contributed by atoms with E-state index in [2.05, 4.69) is 40.1 Å². The van der Waals surface area contributed by atoms with E-state index < -0.39 is 0 Å². The number of hydrogen-bond donors (Lipinski definition) is 1. The molecule has 0 spiro atoms. The van der Waals surface area contributed by atoms with Crippen LogP contribution in [0, 0.1) is 11.8 Å². The fraction of sp³-hybridized carbons (Fsp3) is 0.600. The largest absolute Gasteiger partial charge is 0.320 e. The Kier molecular flexibility index (Phi) is 5.87. The van der Waals surface area contributed by atoms with Gasteiger partial charge in [-0.1, -0.05) is 11.8 Å². The van der Waals surface area contributed by atoms with Crippen molar-refractivity contribution in [2.45, 2.75) is 19.4 Å². The minimum Gasteiger partial charge on any atom is -0.320 e. The average Bonchev–Trinajstić information content (AvgIpc) is 3.05. The lowest BCUT2D eigenvalue weighted by molar-refractivity contribution is 0.253. The van der Waals surface area contributed by atoms with E-state index in [1.54, 1.807) is 11.3 Å². The van der Waals surface area contributed by atoms with Gasteiger partial charge >= 0.3 is 0 Å². The Morgan fingerprint density at radius 1 is 1.42 bits per heavy atom. The molecule has 1 aliphatic heterocycles. The van der Waals surface area contributed by atoms with Crippen LogP contribution >= 0.6 is 11.3 Å². The monoisotopic (exact) mass is 277 g/mol. The Morgan fingerprint density at radius 2 is 2.21 bits per heavy atom. The van der Waals surface area contributed by atoms with Crippen molar-refractivity contribution in [3.8, 4) is 11.8 Å². The first kappa shape index (κ1) is 14.5. The molecule has 0 unspecified atom stereocenters. The van der Waals surface area contributed by atoms with Crippen LogP contribution in [0.4, 0.5) is 0 Å². The summed E-state index contributed by atoms with van der Waals surface area (Å²) in [4.78, 5) is 6.33. The SMILES string of the molecule is CN(CCN1CCCC1)Cc1cc(C#CCN)cs1. The minimum absolute atomic E-state index is 0.431. The molecule has 4 heteroatoms. The van der Waals surface area contributed by atoms with Crippen molar-refractivity contribution in [3.05, 3.63) is 21.9 Å². The molecular formula is C15H23N3S. The van der Waals surface area contributed by atoms with Gasteiger partial charge in [-0.2, -0.15) is 0 Å². The highest BCUT2D eigenvalue weighted by molar-refractivity contribution is 7.10. The van der Waals surface area contributed by atoms with E-state index >= 15 is 0 Å². The molecule has 2 rings (SSSR count). The number of nitrogens with zero attached hydrogens (tertiary/aromatic N) is 2.